The number of amides is 1. The normalized spacial score (nSPS) is 21.6. The number of aromatic nitrogens is 4. The molecule has 2 aromatic carbocycles. The Morgan fingerprint density at radius 3 is 2.55 bits per heavy atom. The van der Waals surface area contributed by atoms with E-state index in [1.165, 1.54) is 12.8 Å². The first-order chi connectivity index (χ1) is 20.4. The van der Waals surface area contributed by atoms with Crippen LogP contribution < -0.4 is 10.5 Å². The van der Waals surface area contributed by atoms with Crippen LogP contribution in [0.1, 0.15) is 36.0 Å². The van der Waals surface area contributed by atoms with Crippen LogP contribution >= 0.6 is 0 Å². The van der Waals surface area contributed by atoms with E-state index in [9.17, 15) is 9.90 Å². The summed E-state index contributed by atoms with van der Waals surface area (Å²) in [6.45, 7) is 1.59. The molecular weight excluding hydrogens is 528 g/mol. The number of nitrogens with two attached hydrogens (primary N) is 1. The number of benzene rings is 2. The van der Waals surface area contributed by atoms with Gasteiger partial charge in [-0.25, -0.2) is 9.97 Å². The standard InChI is InChI=1S/C33H34N6O3/c1-37-30-25(13-22(15-28(30)42-2)33(41)39-17-21-8-12-26(39)29(21)34)36-32(37)27-14-20-7-11-24(19-5-9-23(40)10-6-19)35-31(20)38(27)16-18-3-4-18/h5-7,9-11,13-15,18,21,26,29,40H,3-4,8,12,16-17,34H2,1-2H3/t21?,26?,29-/m1/s1. The van der Waals surface area contributed by atoms with Crippen LogP contribution in [0.5, 0.6) is 11.5 Å². The Balaban J connectivity index is 1.24. The van der Waals surface area contributed by atoms with Crippen molar-refractivity contribution in [3.05, 3.63) is 60.2 Å². The highest BCUT2D eigenvalue weighted by molar-refractivity contribution is 6.00. The van der Waals surface area contributed by atoms with Crippen molar-refractivity contribution >= 4 is 28.0 Å². The minimum absolute atomic E-state index is 0.00106. The minimum atomic E-state index is -0.00106. The number of likely N-dealkylation sites (tertiary alicyclic amines) is 1. The van der Waals surface area contributed by atoms with Crippen molar-refractivity contribution in [1.29, 1.82) is 0 Å². The van der Waals surface area contributed by atoms with Gasteiger partial charge in [0.15, 0.2) is 5.82 Å². The Labute approximate surface area is 243 Å². The number of aromatic hydroxyl groups is 1. The molecule has 2 saturated carbocycles. The summed E-state index contributed by atoms with van der Waals surface area (Å²) in [7, 11) is 3.64. The highest BCUT2D eigenvalue weighted by Gasteiger charge is 2.47. The molecule has 3 fully saturated rings. The minimum Gasteiger partial charge on any atom is -0.508 e. The predicted octanol–water partition coefficient (Wildman–Crippen LogP) is 4.94. The number of phenolic OH excluding ortho intramolecular Hbond substituents is 1. The maximum Gasteiger partial charge on any atom is 0.254 e. The topological polar surface area (TPSA) is 111 Å². The number of methoxy groups -OCH3 is 1. The summed E-state index contributed by atoms with van der Waals surface area (Å²) in [5.74, 6) is 2.68. The molecule has 3 aromatic heterocycles. The van der Waals surface area contributed by atoms with Gasteiger partial charge in [-0.05, 0) is 92.1 Å². The summed E-state index contributed by atoms with van der Waals surface area (Å²) >= 11 is 0. The number of hydrogen-bond donors (Lipinski definition) is 2. The van der Waals surface area contributed by atoms with E-state index < -0.39 is 0 Å². The number of pyridine rings is 1. The molecule has 1 aliphatic heterocycles. The predicted molar refractivity (Wildman–Crippen MR) is 161 cm³/mol. The van der Waals surface area contributed by atoms with Crippen LogP contribution in [-0.2, 0) is 13.6 Å². The smallest absolute Gasteiger partial charge is 0.254 e. The van der Waals surface area contributed by atoms with Crippen molar-refractivity contribution < 1.29 is 14.6 Å². The van der Waals surface area contributed by atoms with E-state index in [4.69, 9.17) is 20.4 Å². The molecule has 3 atom stereocenters. The number of ether oxygens (including phenoxy) is 1. The van der Waals surface area contributed by atoms with E-state index in [-0.39, 0.29) is 23.7 Å². The summed E-state index contributed by atoms with van der Waals surface area (Å²) in [5.41, 5.74) is 12.3. The van der Waals surface area contributed by atoms with Crippen LogP contribution in [0.4, 0.5) is 0 Å². The number of aryl methyl sites for hydroxylation is 1. The molecule has 1 amide bonds. The van der Waals surface area contributed by atoms with Gasteiger partial charge in [0.2, 0.25) is 0 Å². The molecule has 0 spiro atoms. The van der Waals surface area contributed by atoms with Crippen LogP contribution in [0.25, 0.3) is 44.8 Å². The van der Waals surface area contributed by atoms with Gasteiger partial charge in [-0.3, -0.25) is 4.79 Å². The highest BCUT2D eigenvalue weighted by Crippen LogP contribution is 2.40. The Kier molecular flexibility index (Phi) is 5.63. The van der Waals surface area contributed by atoms with E-state index in [1.807, 2.05) is 42.3 Å². The molecule has 2 bridgehead atoms. The Morgan fingerprint density at radius 2 is 1.86 bits per heavy atom. The Morgan fingerprint density at radius 1 is 1.05 bits per heavy atom. The second-order valence-electron chi connectivity index (χ2n) is 12.2. The van der Waals surface area contributed by atoms with E-state index >= 15 is 0 Å². The zero-order valence-electron chi connectivity index (χ0n) is 23.8. The second kappa shape index (κ2) is 9.32. The molecule has 4 heterocycles. The lowest BCUT2D eigenvalue weighted by molar-refractivity contribution is 0.0700. The van der Waals surface area contributed by atoms with Crippen molar-refractivity contribution in [2.24, 2.45) is 24.6 Å². The molecule has 3 N–H and O–H groups in total. The average molecular weight is 563 g/mol. The fraction of sp³-hybridized carbons (Fsp3) is 0.364. The molecule has 5 aromatic rings. The number of imidazole rings is 1. The first-order valence-electron chi connectivity index (χ1n) is 14.8. The summed E-state index contributed by atoms with van der Waals surface area (Å²) in [6.07, 6.45) is 4.49. The maximum atomic E-state index is 13.7. The molecule has 1 saturated heterocycles. The first-order valence-corrected chi connectivity index (χ1v) is 14.8. The third-order valence-electron chi connectivity index (χ3n) is 9.59. The third kappa shape index (κ3) is 3.90. The van der Waals surface area contributed by atoms with Gasteiger partial charge in [0, 0.05) is 48.7 Å². The van der Waals surface area contributed by atoms with Gasteiger partial charge in [-0.1, -0.05) is 0 Å². The average Bonchev–Trinajstić information content (AvgIpc) is 3.41. The fourth-order valence-electron chi connectivity index (χ4n) is 7.12. The number of fused-ring (bicyclic) bond motifs is 4. The van der Waals surface area contributed by atoms with Gasteiger partial charge in [-0.15, -0.1) is 0 Å². The number of nitrogens with zero attached hydrogens (tertiary/aromatic N) is 5. The quantitative estimate of drug-likeness (QED) is 0.303. The van der Waals surface area contributed by atoms with Crippen LogP contribution in [0.15, 0.2) is 54.6 Å². The number of carbonyl (C=O) groups is 1. The molecule has 9 nitrogen and oxygen atoms in total. The molecule has 0 radical (unpaired) electrons. The summed E-state index contributed by atoms with van der Waals surface area (Å²) < 4.78 is 10.2. The van der Waals surface area contributed by atoms with Crippen molar-refractivity contribution in [1.82, 2.24) is 24.0 Å². The lowest BCUT2D eigenvalue weighted by Gasteiger charge is -2.27. The van der Waals surface area contributed by atoms with E-state index in [0.717, 1.165) is 70.8 Å². The summed E-state index contributed by atoms with van der Waals surface area (Å²) in [5, 5.41) is 10.8. The van der Waals surface area contributed by atoms with Crippen LogP contribution in [0.3, 0.4) is 0 Å². The molecule has 3 aliphatic rings. The molecule has 214 valence electrons. The van der Waals surface area contributed by atoms with Crippen molar-refractivity contribution in [2.45, 2.75) is 44.3 Å². The molecular formula is C33H34N6O3. The van der Waals surface area contributed by atoms with Gasteiger partial charge in [0.1, 0.15) is 22.7 Å². The Hall–Kier alpha value is -4.37. The summed E-state index contributed by atoms with van der Waals surface area (Å²) in [4.78, 5) is 25.8. The number of carbonyl (C=O) groups excluding carboxylic acids is 1. The SMILES string of the molecule is COc1cc(C(=O)N2CC3CCC2[C@@H]3N)cc2nc(-c3cc4ccc(-c5ccc(O)cc5)nc4n3CC3CC3)n(C)c12. The number of rotatable bonds is 6. The van der Waals surface area contributed by atoms with Crippen molar-refractivity contribution in [3.8, 4) is 34.3 Å². The van der Waals surface area contributed by atoms with Crippen molar-refractivity contribution in [3.63, 3.8) is 0 Å². The first kappa shape index (κ1) is 25.3. The molecule has 8 rings (SSSR count). The monoisotopic (exact) mass is 562 g/mol. The zero-order valence-corrected chi connectivity index (χ0v) is 23.8. The lowest BCUT2D eigenvalue weighted by Crippen LogP contribution is -2.41. The van der Waals surface area contributed by atoms with Gasteiger partial charge < -0.3 is 29.6 Å². The van der Waals surface area contributed by atoms with Crippen molar-refractivity contribution in [2.75, 3.05) is 13.7 Å². The third-order valence-corrected chi connectivity index (χ3v) is 9.59. The molecule has 42 heavy (non-hydrogen) atoms. The zero-order chi connectivity index (χ0) is 28.7. The Bertz CT molecular complexity index is 1870. The second-order valence-corrected chi connectivity index (χ2v) is 12.2. The van der Waals surface area contributed by atoms with Crippen LogP contribution in [-0.4, -0.2) is 60.8 Å². The van der Waals surface area contributed by atoms with Gasteiger partial charge >= 0.3 is 0 Å². The number of piperidine rings is 1. The van der Waals surface area contributed by atoms with E-state index in [0.29, 0.717) is 23.1 Å². The maximum absolute atomic E-state index is 13.7. The largest absolute Gasteiger partial charge is 0.508 e. The molecule has 2 aliphatic carbocycles. The fourth-order valence-corrected chi connectivity index (χ4v) is 7.12. The molecule has 2 unspecified atom stereocenters. The van der Waals surface area contributed by atoms with Gasteiger partial charge in [0.25, 0.3) is 5.91 Å². The highest BCUT2D eigenvalue weighted by atomic mass is 16.5. The lowest BCUT2D eigenvalue weighted by atomic mass is 10.1. The molecule has 9 heteroatoms. The van der Waals surface area contributed by atoms with E-state index in [2.05, 4.69) is 21.3 Å². The number of phenols is 1. The van der Waals surface area contributed by atoms with Crippen LogP contribution in [0, 0.1) is 11.8 Å². The van der Waals surface area contributed by atoms with Crippen LogP contribution in [0.2, 0.25) is 0 Å². The summed E-state index contributed by atoms with van der Waals surface area (Å²) in [6, 6.07) is 17.3. The van der Waals surface area contributed by atoms with Gasteiger partial charge in [-0.2, -0.15) is 0 Å². The van der Waals surface area contributed by atoms with E-state index in [1.54, 1.807) is 19.2 Å². The number of hydrogen-bond acceptors (Lipinski definition) is 6. The van der Waals surface area contributed by atoms with Gasteiger partial charge in [0.05, 0.1) is 24.0 Å².